The van der Waals surface area contributed by atoms with Crippen LogP contribution < -0.4 is 0 Å². The summed E-state index contributed by atoms with van der Waals surface area (Å²) in [6.45, 7) is 5.76. The molecule has 6 nitrogen and oxygen atoms in total. The van der Waals surface area contributed by atoms with E-state index >= 15 is 0 Å². The van der Waals surface area contributed by atoms with Crippen molar-refractivity contribution in [1.82, 2.24) is 9.80 Å². The highest BCUT2D eigenvalue weighted by Crippen LogP contribution is 2.30. The average Bonchev–Trinajstić information content (AvgIpc) is 3.09. The van der Waals surface area contributed by atoms with Crippen molar-refractivity contribution in [3.8, 4) is 0 Å². The van der Waals surface area contributed by atoms with Crippen molar-refractivity contribution >= 4 is 12.0 Å². The number of rotatable bonds is 4. The Morgan fingerprint density at radius 2 is 2.11 bits per heavy atom. The second kappa shape index (κ2) is 5.36. The van der Waals surface area contributed by atoms with Gasteiger partial charge in [-0.15, -0.1) is 0 Å². The molecule has 0 radical (unpaired) electrons. The number of carboxylic acid groups (broad SMARTS) is 1. The van der Waals surface area contributed by atoms with Gasteiger partial charge in [0.05, 0.1) is 18.8 Å². The number of urea groups is 1. The van der Waals surface area contributed by atoms with Gasteiger partial charge >= 0.3 is 12.0 Å². The van der Waals surface area contributed by atoms with E-state index in [4.69, 9.17) is 9.84 Å². The lowest BCUT2D eigenvalue weighted by Crippen LogP contribution is -2.55. The minimum absolute atomic E-state index is 0.175. The van der Waals surface area contributed by atoms with Gasteiger partial charge in [0.15, 0.2) is 0 Å². The molecule has 19 heavy (non-hydrogen) atoms. The maximum Gasteiger partial charge on any atom is 0.323 e. The predicted octanol–water partition coefficient (Wildman–Crippen LogP) is 1.01. The zero-order valence-electron chi connectivity index (χ0n) is 11.6. The predicted molar refractivity (Wildman–Crippen MR) is 68.9 cm³/mol. The Bertz CT molecular complexity index is 366. The zero-order chi connectivity index (χ0) is 14.0. The van der Waals surface area contributed by atoms with Crippen molar-refractivity contribution in [3.63, 3.8) is 0 Å². The number of aliphatic carboxylic acids is 1. The molecule has 0 bridgehead atoms. The van der Waals surface area contributed by atoms with Crippen molar-refractivity contribution in [3.05, 3.63) is 0 Å². The molecular formula is C13H22N2O4. The Labute approximate surface area is 113 Å². The molecular weight excluding hydrogens is 248 g/mol. The van der Waals surface area contributed by atoms with Crippen molar-refractivity contribution in [2.75, 3.05) is 32.8 Å². The smallest absolute Gasteiger partial charge is 0.323 e. The molecule has 6 heteroatoms. The highest BCUT2D eigenvalue weighted by atomic mass is 16.5. The summed E-state index contributed by atoms with van der Waals surface area (Å²) in [5.41, 5.74) is -0.359. The van der Waals surface area contributed by atoms with E-state index in [1.165, 1.54) is 4.90 Å². The summed E-state index contributed by atoms with van der Waals surface area (Å²) in [7, 11) is 0. The van der Waals surface area contributed by atoms with Crippen LogP contribution in [-0.4, -0.2) is 65.3 Å². The normalized spacial score (nSPS) is 22.1. The summed E-state index contributed by atoms with van der Waals surface area (Å²) in [4.78, 5) is 26.5. The molecule has 0 aromatic carbocycles. The van der Waals surface area contributed by atoms with E-state index in [0.29, 0.717) is 32.2 Å². The summed E-state index contributed by atoms with van der Waals surface area (Å²) < 4.78 is 5.57. The molecule has 1 saturated heterocycles. The third kappa shape index (κ3) is 4.09. The van der Waals surface area contributed by atoms with Crippen LogP contribution in [0.5, 0.6) is 0 Å². The van der Waals surface area contributed by atoms with Crippen LogP contribution in [0.1, 0.15) is 26.7 Å². The van der Waals surface area contributed by atoms with Crippen LogP contribution in [0.3, 0.4) is 0 Å². The number of nitrogens with zero attached hydrogens (tertiary/aromatic N) is 2. The number of carbonyl (C=O) groups is 2. The number of carboxylic acids is 1. The van der Waals surface area contributed by atoms with E-state index in [9.17, 15) is 9.59 Å². The Morgan fingerprint density at radius 3 is 2.63 bits per heavy atom. The van der Waals surface area contributed by atoms with E-state index in [2.05, 4.69) is 0 Å². The van der Waals surface area contributed by atoms with Gasteiger partial charge in [0.1, 0.15) is 6.54 Å². The summed E-state index contributed by atoms with van der Waals surface area (Å²) in [6.07, 6.45) is 2.19. The molecule has 0 unspecified atom stereocenters. The van der Waals surface area contributed by atoms with E-state index < -0.39 is 5.97 Å². The molecule has 2 rings (SSSR count). The van der Waals surface area contributed by atoms with Crippen LogP contribution in [-0.2, 0) is 9.53 Å². The van der Waals surface area contributed by atoms with Crippen LogP contribution in [0.25, 0.3) is 0 Å². The minimum Gasteiger partial charge on any atom is -0.480 e. The largest absolute Gasteiger partial charge is 0.480 e. The van der Waals surface area contributed by atoms with Gasteiger partial charge in [0, 0.05) is 13.1 Å². The SMILES string of the molecule is CC1(C)CN(C(=O)N(CC(=O)O)CC2CC2)CCO1. The van der Waals surface area contributed by atoms with Crippen LogP contribution in [0.15, 0.2) is 0 Å². The maximum atomic E-state index is 12.4. The van der Waals surface area contributed by atoms with E-state index in [1.54, 1.807) is 4.90 Å². The van der Waals surface area contributed by atoms with Gasteiger partial charge in [-0.3, -0.25) is 4.79 Å². The molecule has 2 fully saturated rings. The molecule has 2 amide bonds. The van der Waals surface area contributed by atoms with Crippen LogP contribution in [0, 0.1) is 5.92 Å². The van der Waals surface area contributed by atoms with Crippen LogP contribution in [0.4, 0.5) is 4.79 Å². The number of carbonyl (C=O) groups excluding carboxylic acids is 1. The molecule has 1 saturated carbocycles. The second-order valence-electron chi connectivity index (χ2n) is 6.03. The number of hydrogen-bond acceptors (Lipinski definition) is 3. The van der Waals surface area contributed by atoms with Crippen LogP contribution in [0.2, 0.25) is 0 Å². The standard InChI is InChI=1S/C13H22N2O4/c1-13(2)9-14(5-6-19-13)12(18)15(8-11(16)17)7-10-3-4-10/h10H,3-9H2,1-2H3,(H,16,17). The van der Waals surface area contributed by atoms with Crippen molar-refractivity contribution in [2.24, 2.45) is 5.92 Å². The highest BCUT2D eigenvalue weighted by Gasteiger charge is 2.34. The summed E-state index contributed by atoms with van der Waals surface area (Å²) in [5.74, 6) is -0.473. The fraction of sp³-hybridized carbons (Fsp3) is 0.846. The van der Waals surface area contributed by atoms with Gasteiger partial charge in [-0.05, 0) is 32.6 Å². The van der Waals surface area contributed by atoms with Gasteiger partial charge in [0.25, 0.3) is 0 Å². The first kappa shape index (κ1) is 14.1. The van der Waals surface area contributed by atoms with Gasteiger partial charge in [-0.1, -0.05) is 0 Å². The summed E-state index contributed by atoms with van der Waals surface area (Å²) >= 11 is 0. The van der Waals surface area contributed by atoms with E-state index in [-0.39, 0.29) is 18.2 Å². The molecule has 0 aromatic rings. The highest BCUT2D eigenvalue weighted by molar-refractivity contribution is 5.80. The van der Waals surface area contributed by atoms with Gasteiger partial charge in [0.2, 0.25) is 0 Å². The lowest BCUT2D eigenvalue weighted by molar-refractivity contribution is -0.138. The molecule has 1 aliphatic carbocycles. The first-order valence-corrected chi connectivity index (χ1v) is 6.77. The molecule has 1 N–H and O–H groups in total. The number of hydrogen-bond donors (Lipinski definition) is 1. The zero-order valence-corrected chi connectivity index (χ0v) is 11.6. The second-order valence-corrected chi connectivity index (χ2v) is 6.03. The van der Waals surface area contributed by atoms with Gasteiger partial charge < -0.3 is 19.6 Å². The molecule has 108 valence electrons. The van der Waals surface area contributed by atoms with Crippen molar-refractivity contribution < 1.29 is 19.4 Å². The minimum atomic E-state index is -0.957. The van der Waals surface area contributed by atoms with Gasteiger partial charge in [-0.2, -0.15) is 0 Å². The molecule has 1 aliphatic heterocycles. The maximum absolute atomic E-state index is 12.4. The quantitative estimate of drug-likeness (QED) is 0.828. The Morgan fingerprint density at radius 1 is 1.42 bits per heavy atom. The fourth-order valence-corrected chi connectivity index (χ4v) is 2.37. The summed E-state index contributed by atoms with van der Waals surface area (Å²) in [5, 5.41) is 8.93. The molecule has 2 aliphatic rings. The number of amides is 2. The lowest BCUT2D eigenvalue weighted by Gasteiger charge is -2.40. The monoisotopic (exact) mass is 270 g/mol. The first-order valence-electron chi connectivity index (χ1n) is 6.77. The third-order valence-corrected chi connectivity index (χ3v) is 3.47. The molecule has 0 spiro atoms. The fourth-order valence-electron chi connectivity index (χ4n) is 2.37. The molecule has 0 aromatic heterocycles. The summed E-state index contributed by atoms with van der Waals surface area (Å²) in [6, 6.07) is -0.175. The number of morpholine rings is 1. The topological polar surface area (TPSA) is 70.1 Å². The van der Waals surface area contributed by atoms with Crippen molar-refractivity contribution in [2.45, 2.75) is 32.3 Å². The Balaban J connectivity index is 1.98. The van der Waals surface area contributed by atoms with E-state index in [0.717, 1.165) is 12.8 Å². The average molecular weight is 270 g/mol. The Kier molecular flexibility index (Phi) is 3.99. The van der Waals surface area contributed by atoms with E-state index in [1.807, 2.05) is 13.8 Å². The Hall–Kier alpha value is -1.30. The third-order valence-electron chi connectivity index (χ3n) is 3.47. The molecule has 1 heterocycles. The first-order chi connectivity index (χ1) is 8.87. The molecule has 0 atom stereocenters. The lowest BCUT2D eigenvalue weighted by atomic mass is 10.1. The van der Waals surface area contributed by atoms with Crippen LogP contribution >= 0.6 is 0 Å². The number of ether oxygens (including phenoxy) is 1. The van der Waals surface area contributed by atoms with Crippen molar-refractivity contribution in [1.29, 1.82) is 0 Å². The van der Waals surface area contributed by atoms with Gasteiger partial charge in [-0.25, -0.2) is 4.79 Å².